The first-order chi connectivity index (χ1) is 7.32. The average Bonchev–Trinajstić information content (AvgIpc) is 2.67. The molecule has 3 rings (SSSR count). The van der Waals surface area contributed by atoms with E-state index in [4.69, 9.17) is 0 Å². The average molecular weight is 206 g/mol. The number of benzene rings is 1. The van der Waals surface area contributed by atoms with Gasteiger partial charge in [-0.25, -0.2) is 4.39 Å². The smallest absolute Gasteiger partial charge is 0.129 e. The zero-order chi connectivity index (χ0) is 10.3. The normalized spacial score (nSPS) is 28.9. The van der Waals surface area contributed by atoms with Gasteiger partial charge in [0.15, 0.2) is 0 Å². The maximum Gasteiger partial charge on any atom is 0.129 e. The van der Waals surface area contributed by atoms with Crippen molar-refractivity contribution in [2.75, 3.05) is 25.0 Å². The van der Waals surface area contributed by atoms with Gasteiger partial charge in [-0.1, -0.05) is 6.07 Å². The Balaban J connectivity index is 2.16. The van der Waals surface area contributed by atoms with E-state index in [1.165, 1.54) is 0 Å². The van der Waals surface area contributed by atoms with Crippen molar-refractivity contribution >= 4 is 5.69 Å². The van der Waals surface area contributed by atoms with Crippen LogP contribution in [0.4, 0.5) is 10.1 Å². The molecule has 1 fully saturated rings. The minimum atomic E-state index is -0.0524. The number of hydrogen-bond donors (Lipinski definition) is 2. The third-order valence-electron chi connectivity index (χ3n) is 3.71. The molecule has 0 bridgehead atoms. The lowest BCUT2D eigenvalue weighted by molar-refractivity contribution is 0.410. The van der Waals surface area contributed by atoms with Gasteiger partial charge >= 0.3 is 0 Å². The van der Waals surface area contributed by atoms with E-state index in [1.54, 1.807) is 12.1 Å². The molecule has 0 aliphatic carbocycles. The molecule has 0 amide bonds. The molecule has 15 heavy (non-hydrogen) atoms. The van der Waals surface area contributed by atoms with Gasteiger partial charge in [0.1, 0.15) is 5.82 Å². The van der Waals surface area contributed by atoms with E-state index in [9.17, 15) is 4.39 Å². The Morgan fingerprint density at radius 2 is 2.07 bits per heavy atom. The van der Waals surface area contributed by atoms with Crippen molar-refractivity contribution < 1.29 is 4.39 Å². The Labute approximate surface area is 88.9 Å². The lowest BCUT2D eigenvalue weighted by Crippen LogP contribution is -2.37. The summed E-state index contributed by atoms with van der Waals surface area (Å²) >= 11 is 0. The van der Waals surface area contributed by atoms with Crippen LogP contribution in [-0.4, -0.2) is 19.6 Å². The summed E-state index contributed by atoms with van der Waals surface area (Å²) in [7, 11) is 0. The van der Waals surface area contributed by atoms with Gasteiger partial charge in [0.2, 0.25) is 0 Å². The number of rotatable bonds is 0. The van der Waals surface area contributed by atoms with Crippen molar-refractivity contribution in [3.05, 3.63) is 29.6 Å². The summed E-state index contributed by atoms with van der Waals surface area (Å²) in [4.78, 5) is 0. The summed E-state index contributed by atoms with van der Waals surface area (Å²) < 4.78 is 13.9. The van der Waals surface area contributed by atoms with Gasteiger partial charge in [-0.2, -0.15) is 0 Å². The molecular formula is C12H15FN2. The Kier molecular flexibility index (Phi) is 1.96. The third-order valence-corrected chi connectivity index (χ3v) is 3.71. The highest BCUT2D eigenvalue weighted by molar-refractivity contribution is 5.58. The monoisotopic (exact) mass is 206 g/mol. The van der Waals surface area contributed by atoms with Crippen molar-refractivity contribution in [1.82, 2.24) is 5.32 Å². The fourth-order valence-corrected chi connectivity index (χ4v) is 2.94. The van der Waals surface area contributed by atoms with Gasteiger partial charge in [-0.05, 0) is 31.5 Å². The maximum absolute atomic E-state index is 13.9. The molecule has 1 spiro atoms. The Hall–Kier alpha value is -1.09. The molecule has 0 saturated carbocycles. The quantitative estimate of drug-likeness (QED) is 0.677. The lowest BCUT2D eigenvalue weighted by Gasteiger charge is -2.36. The van der Waals surface area contributed by atoms with Gasteiger partial charge in [0.25, 0.3) is 0 Å². The first-order valence-electron chi connectivity index (χ1n) is 5.55. The van der Waals surface area contributed by atoms with E-state index >= 15 is 0 Å². The minimum absolute atomic E-state index is 0.0475. The molecule has 1 aromatic rings. The highest BCUT2D eigenvalue weighted by atomic mass is 19.1. The number of nitrogens with one attached hydrogen (secondary N) is 2. The van der Waals surface area contributed by atoms with Crippen LogP contribution in [-0.2, 0) is 5.41 Å². The van der Waals surface area contributed by atoms with Crippen LogP contribution in [0.3, 0.4) is 0 Å². The topological polar surface area (TPSA) is 24.1 Å². The molecule has 1 aromatic carbocycles. The second-order valence-corrected chi connectivity index (χ2v) is 4.55. The second-order valence-electron chi connectivity index (χ2n) is 4.55. The zero-order valence-electron chi connectivity index (χ0n) is 8.65. The number of halogens is 1. The van der Waals surface area contributed by atoms with Crippen molar-refractivity contribution in [1.29, 1.82) is 0 Å². The van der Waals surface area contributed by atoms with Crippen LogP contribution in [0.1, 0.15) is 18.4 Å². The molecule has 80 valence electrons. The van der Waals surface area contributed by atoms with Crippen LogP contribution in [0.2, 0.25) is 0 Å². The predicted molar refractivity (Wildman–Crippen MR) is 58.7 cm³/mol. The SMILES string of the molecule is Fc1cccc2c1C1(CCNC1)CCN2. The van der Waals surface area contributed by atoms with E-state index in [-0.39, 0.29) is 11.2 Å². The van der Waals surface area contributed by atoms with Crippen LogP contribution in [0, 0.1) is 5.82 Å². The van der Waals surface area contributed by atoms with Gasteiger partial charge in [0.05, 0.1) is 0 Å². The van der Waals surface area contributed by atoms with Crippen LogP contribution >= 0.6 is 0 Å². The summed E-state index contributed by atoms with van der Waals surface area (Å²) in [6.45, 7) is 2.88. The number of anilines is 1. The molecule has 0 aromatic heterocycles. The van der Waals surface area contributed by atoms with E-state index in [0.29, 0.717) is 0 Å². The van der Waals surface area contributed by atoms with E-state index in [1.807, 2.05) is 6.07 Å². The molecule has 3 heteroatoms. The molecular weight excluding hydrogens is 191 g/mol. The van der Waals surface area contributed by atoms with Crippen molar-refractivity contribution in [3.63, 3.8) is 0 Å². The predicted octanol–water partition coefficient (Wildman–Crippen LogP) is 1.87. The van der Waals surface area contributed by atoms with Crippen LogP contribution in [0.15, 0.2) is 18.2 Å². The van der Waals surface area contributed by atoms with Gasteiger partial charge < -0.3 is 10.6 Å². The Morgan fingerprint density at radius 3 is 2.87 bits per heavy atom. The van der Waals surface area contributed by atoms with E-state index in [0.717, 1.165) is 43.7 Å². The number of fused-ring (bicyclic) bond motifs is 2. The maximum atomic E-state index is 13.9. The molecule has 2 aliphatic heterocycles. The Bertz CT molecular complexity index is 383. The summed E-state index contributed by atoms with van der Waals surface area (Å²) in [5.74, 6) is -0.0524. The first-order valence-corrected chi connectivity index (χ1v) is 5.55. The lowest BCUT2D eigenvalue weighted by atomic mass is 9.74. The second kappa shape index (κ2) is 3.20. The fraction of sp³-hybridized carbons (Fsp3) is 0.500. The summed E-state index contributed by atoms with van der Waals surface area (Å²) in [5, 5.41) is 6.64. The first kappa shape index (κ1) is 9.16. The molecule has 1 saturated heterocycles. The van der Waals surface area contributed by atoms with Crippen LogP contribution in [0.5, 0.6) is 0 Å². The molecule has 1 atom stereocenters. The van der Waals surface area contributed by atoms with Crippen LogP contribution in [0.25, 0.3) is 0 Å². The fourth-order valence-electron chi connectivity index (χ4n) is 2.94. The Morgan fingerprint density at radius 1 is 1.20 bits per heavy atom. The van der Waals surface area contributed by atoms with Gasteiger partial charge in [0, 0.05) is 29.8 Å². The summed E-state index contributed by atoms with van der Waals surface area (Å²) in [6.07, 6.45) is 2.09. The van der Waals surface area contributed by atoms with Crippen LogP contribution < -0.4 is 10.6 Å². The van der Waals surface area contributed by atoms with E-state index < -0.39 is 0 Å². The van der Waals surface area contributed by atoms with Gasteiger partial charge in [-0.3, -0.25) is 0 Å². The van der Waals surface area contributed by atoms with Gasteiger partial charge in [-0.15, -0.1) is 0 Å². The zero-order valence-corrected chi connectivity index (χ0v) is 8.65. The molecule has 2 N–H and O–H groups in total. The third kappa shape index (κ3) is 1.26. The summed E-state index contributed by atoms with van der Waals surface area (Å²) in [5.41, 5.74) is 1.94. The van der Waals surface area contributed by atoms with Crippen molar-refractivity contribution in [2.45, 2.75) is 18.3 Å². The molecule has 2 aliphatic rings. The molecule has 2 nitrogen and oxygen atoms in total. The van der Waals surface area contributed by atoms with E-state index in [2.05, 4.69) is 10.6 Å². The highest BCUT2D eigenvalue weighted by Gasteiger charge is 2.41. The van der Waals surface area contributed by atoms with Crippen molar-refractivity contribution in [3.8, 4) is 0 Å². The van der Waals surface area contributed by atoms with Crippen molar-refractivity contribution in [2.24, 2.45) is 0 Å². The number of hydrogen-bond acceptors (Lipinski definition) is 2. The molecule has 0 radical (unpaired) electrons. The minimum Gasteiger partial charge on any atom is -0.385 e. The largest absolute Gasteiger partial charge is 0.385 e. The molecule has 1 unspecified atom stereocenters. The highest BCUT2D eigenvalue weighted by Crippen LogP contribution is 2.42. The summed E-state index contributed by atoms with van der Waals surface area (Å²) in [6, 6.07) is 5.34. The molecule has 2 heterocycles. The standard InChI is InChI=1S/C12H15FN2/c13-9-2-1-3-10-11(9)12(5-7-15-10)4-6-14-8-12/h1-3,14-15H,4-8H2.